The molecule has 0 atom stereocenters. The van der Waals surface area contributed by atoms with E-state index in [1.807, 2.05) is 6.92 Å². The van der Waals surface area contributed by atoms with Crippen LogP contribution in [0.5, 0.6) is 11.5 Å². The Bertz CT molecular complexity index is 1090. The molecule has 2 aromatic rings. The minimum Gasteiger partial charge on any atom is -0.493 e. The summed E-state index contributed by atoms with van der Waals surface area (Å²) in [6.45, 7) is 1.86. The first-order valence-corrected chi connectivity index (χ1v) is 11.3. The highest BCUT2D eigenvalue weighted by molar-refractivity contribution is 9.10. The van der Waals surface area contributed by atoms with Crippen LogP contribution in [0.4, 0.5) is 0 Å². The van der Waals surface area contributed by atoms with Crippen molar-refractivity contribution in [1.82, 2.24) is 5.32 Å². The summed E-state index contributed by atoms with van der Waals surface area (Å²) in [6.07, 6.45) is 1.63. The first kappa shape index (κ1) is 20.8. The van der Waals surface area contributed by atoms with Crippen molar-refractivity contribution in [1.29, 1.82) is 0 Å². The summed E-state index contributed by atoms with van der Waals surface area (Å²) in [4.78, 5) is 12.3. The van der Waals surface area contributed by atoms with Crippen molar-refractivity contribution in [3.63, 3.8) is 0 Å². The average molecular weight is 500 g/mol. The lowest BCUT2D eigenvalue weighted by Gasteiger charge is -2.13. The molecule has 0 aromatic heterocycles. The fourth-order valence-electron chi connectivity index (χ4n) is 2.34. The second kappa shape index (κ2) is 8.24. The molecule has 0 unspecified atom stereocenters. The Hall–Kier alpha value is -1.88. The molecule has 3 rings (SSSR count). The van der Waals surface area contributed by atoms with Crippen LogP contribution in [0.15, 0.2) is 50.7 Å². The average Bonchev–Trinajstić information content (AvgIpc) is 2.94. The van der Waals surface area contributed by atoms with Gasteiger partial charge in [-0.25, -0.2) is 0 Å². The molecule has 0 aliphatic carbocycles. The Morgan fingerprint density at radius 3 is 2.46 bits per heavy atom. The summed E-state index contributed by atoms with van der Waals surface area (Å²) in [5, 5.41) is 2.54. The van der Waals surface area contributed by atoms with Crippen LogP contribution < -0.4 is 14.2 Å². The van der Waals surface area contributed by atoms with Gasteiger partial charge in [-0.15, -0.1) is 0 Å². The van der Waals surface area contributed by atoms with Gasteiger partial charge in [0.25, 0.3) is 5.91 Å². The first-order chi connectivity index (χ1) is 13.2. The molecule has 2 aromatic carbocycles. The maximum atomic E-state index is 12.6. The molecular formula is C18H14BrNO5S3. The number of ether oxygens (including phenoxy) is 1. The highest BCUT2D eigenvalue weighted by Crippen LogP contribution is 2.39. The van der Waals surface area contributed by atoms with E-state index in [1.165, 1.54) is 19.2 Å². The number of thioether (sulfide) groups is 1. The highest BCUT2D eigenvalue weighted by atomic mass is 79.9. The van der Waals surface area contributed by atoms with Gasteiger partial charge >= 0.3 is 10.1 Å². The van der Waals surface area contributed by atoms with Crippen LogP contribution >= 0.6 is 39.9 Å². The molecule has 1 heterocycles. The summed E-state index contributed by atoms with van der Waals surface area (Å²) >= 11 is 9.44. The minimum atomic E-state index is -4.05. The number of nitrogens with one attached hydrogen (secondary N) is 1. The number of methoxy groups -OCH3 is 1. The maximum absolute atomic E-state index is 12.6. The minimum absolute atomic E-state index is 0.0178. The zero-order valence-corrected chi connectivity index (χ0v) is 18.7. The number of carbonyl (C=O) groups is 1. The van der Waals surface area contributed by atoms with E-state index in [2.05, 4.69) is 21.2 Å². The molecular weight excluding hydrogens is 486 g/mol. The van der Waals surface area contributed by atoms with Crippen molar-refractivity contribution < 1.29 is 22.1 Å². The Morgan fingerprint density at radius 1 is 1.21 bits per heavy atom. The van der Waals surface area contributed by atoms with Gasteiger partial charge in [0, 0.05) is 0 Å². The number of amides is 1. The molecule has 1 saturated heterocycles. The fourth-order valence-corrected chi connectivity index (χ4v) is 4.99. The van der Waals surface area contributed by atoms with Gasteiger partial charge in [-0.3, -0.25) is 4.79 Å². The number of aryl methyl sites for hydroxylation is 1. The molecule has 1 N–H and O–H groups in total. The van der Waals surface area contributed by atoms with Gasteiger partial charge in [0.05, 0.1) is 16.5 Å². The number of carbonyl (C=O) groups excluding carboxylic acids is 1. The molecule has 0 saturated carbocycles. The van der Waals surface area contributed by atoms with Gasteiger partial charge in [-0.05, 0) is 58.8 Å². The van der Waals surface area contributed by atoms with Crippen LogP contribution in [0.1, 0.15) is 11.1 Å². The third-order valence-electron chi connectivity index (χ3n) is 3.69. The van der Waals surface area contributed by atoms with Gasteiger partial charge in [0.15, 0.2) is 11.5 Å². The SMILES string of the molecule is COc1cc(/C=C2\SC(=S)NC2=O)cc(Br)c1OS(=O)(=O)c1ccc(C)cc1. The predicted octanol–water partition coefficient (Wildman–Crippen LogP) is 4.02. The topological polar surface area (TPSA) is 81.7 Å². The summed E-state index contributed by atoms with van der Waals surface area (Å²) in [7, 11) is -2.65. The van der Waals surface area contributed by atoms with E-state index in [0.29, 0.717) is 19.3 Å². The van der Waals surface area contributed by atoms with E-state index in [-0.39, 0.29) is 22.3 Å². The van der Waals surface area contributed by atoms with Crippen LogP contribution in [0.25, 0.3) is 6.08 Å². The van der Waals surface area contributed by atoms with Crippen LogP contribution in [0.2, 0.25) is 0 Å². The zero-order valence-electron chi connectivity index (χ0n) is 14.7. The summed E-state index contributed by atoms with van der Waals surface area (Å²) in [6, 6.07) is 9.53. The Kier molecular flexibility index (Phi) is 6.13. The number of hydrogen-bond donors (Lipinski definition) is 1. The quantitative estimate of drug-likeness (QED) is 0.377. The first-order valence-electron chi connectivity index (χ1n) is 7.83. The number of halogens is 1. The smallest absolute Gasteiger partial charge is 0.339 e. The lowest BCUT2D eigenvalue weighted by atomic mass is 10.2. The monoisotopic (exact) mass is 499 g/mol. The van der Waals surface area contributed by atoms with E-state index in [0.717, 1.165) is 17.3 Å². The van der Waals surface area contributed by atoms with Gasteiger partial charge < -0.3 is 14.2 Å². The molecule has 1 aliphatic heterocycles. The molecule has 0 bridgehead atoms. The Morgan fingerprint density at radius 2 is 1.89 bits per heavy atom. The van der Waals surface area contributed by atoms with Crippen molar-refractivity contribution in [2.45, 2.75) is 11.8 Å². The molecule has 0 spiro atoms. The summed E-state index contributed by atoms with van der Waals surface area (Å²) in [5.74, 6) is -0.0699. The van der Waals surface area contributed by atoms with E-state index in [9.17, 15) is 13.2 Å². The van der Waals surface area contributed by atoms with Gasteiger partial charge in [-0.1, -0.05) is 41.7 Å². The molecule has 1 aliphatic rings. The number of hydrogen-bond acceptors (Lipinski definition) is 7. The molecule has 0 radical (unpaired) electrons. The molecule has 10 heteroatoms. The van der Waals surface area contributed by atoms with E-state index >= 15 is 0 Å². The fraction of sp³-hybridized carbons (Fsp3) is 0.111. The van der Waals surface area contributed by atoms with Crippen LogP contribution in [0.3, 0.4) is 0 Å². The third-order valence-corrected chi connectivity index (χ3v) is 6.68. The van der Waals surface area contributed by atoms with Crippen molar-refractivity contribution >= 4 is 66.3 Å². The largest absolute Gasteiger partial charge is 0.493 e. The lowest BCUT2D eigenvalue weighted by Crippen LogP contribution is -2.17. The van der Waals surface area contributed by atoms with Gasteiger partial charge in [0.2, 0.25) is 0 Å². The lowest BCUT2D eigenvalue weighted by molar-refractivity contribution is -0.115. The summed E-state index contributed by atoms with van der Waals surface area (Å²) < 4.78 is 36.5. The van der Waals surface area contributed by atoms with Crippen molar-refractivity contribution in [2.75, 3.05) is 7.11 Å². The third kappa shape index (κ3) is 4.57. The highest BCUT2D eigenvalue weighted by Gasteiger charge is 2.24. The number of rotatable bonds is 5. The second-order valence-electron chi connectivity index (χ2n) is 5.74. The Labute approximate surface area is 180 Å². The van der Waals surface area contributed by atoms with Crippen molar-refractivity contribution in [2.24, 2.45) is 0 Å². The van der Waals surface area contributed by atoms with Crippen molar-refractivity contribution in [3.05, 3.63) is 56.9 Å². The standard InChI is InChI=1S/C18H14BrNO5S3/c1-10-3-5-12(6-4-10)28(22,23)25-16-13(19)7-11(8-14(16)24-2)9-15-17(21)20-18(26)27-15/h3-9H,1-2H3,(H,20,21,26)/b15-9-. The Balaban J connectivity index is 1.96. The molecule has 6 nitrogen and oxygen atoms in total. The normalized spacial score (nSPS) is 15.6. The van der Waals surface area contributed by atoms with Gasteiger partial charge in [-0.2, -0.15) is 8.42 Å². The van der Waals surface area contributed by atoms with Gasteiger partial charge in [0.1, 0.15) is 9.22 Å². The van der Waals surface area contributed by atoms with Crippen LogP contribution in [0, 0.1) is 6.92 Å². The molecule has 146 valence electrons. The maximum Gasteiger partial charge on any atom is 0.339 e. The van der Waals surface area contributed by atoms with Crippen LogP contribution in [-0.4, -0.2) is 25.8 Å². The molecule has 1 amide bonds. The zero-order chi connectivity index (χ0) is 20.5. The molecule has 28 heavy (non-hydrogen) atoms. The second-order valence-corrected chi connectivity index (χ2v) is 9.86. The number of thiocarbonyl (C=S) groups is 1. The van der Waals surface area contributed by atoms with Crippen molar-refractivity contribution in [3.8, 4) is 11.5 Å². The van der Waals surface area contributed by atoms with E-state index in [1.54, 1.807) is 30.3 Å². The van der Waals surface area contributed by atoms with Crippen LogP contribution in [-0.2, 0) is 14.9 Å². The van der Waals surface area contributed by atoms with E-state index < -0.39 is 10.1 Å². The predicted molar refractivity (Wildman–Crippen MR) is 116 cm³/mol. The number of benzene rings is 2. The molecule has 1 fully saturated rings. The van der Waals surface area contributed by atoms with E-state index in [4.69, 9.17) is 21.1 Å². The summed E-state index contributed by atoms with van der Waals surface area (Å²) in [5.41, 5.74) is 1.55.